The number of amides is 2. The van der Waals surface area contributed by atoms with Gasteiger partial charge in [-0.1, -0.05) is 6.07 Å². The molecule has 0 aliphatic carbocycles. The Balaban J connectivity index is 1.71. The van der Waals surface area contributed by atoms with E-state index in [-0.39, 0.29) is 29.8 Å². The number of nitrogens with one attached hydrogen (secondary N) is 2. The zero-order chi connectivity index (χ0) is 20.9. The SMILES string of the molecule is CS(=O)(=O)NC1CC2C(=O)Nc3ccc(-c4ccc(F)cc4F)cc3C(=O)N2C1. The van der Waals surface area contributed by atoms with Crippen LogP contribution in [0.4, 0.5) is 14.5 Å². The molecule has 0 saturated carbocycles. The van der Waals surface area contributed by atoms with Crippen molar-refractivity contribution in [1.29, 1.82) is 0 Å². The number of carbonyl (C=O) groups is 2. The molecule has 2 atom stereocenters. The standard InChI is InChI=1S/C19H17F2N3O4S/c1-29(27,28)23-12-8-17-18(25)22-16-5-2-10(6-14(16)19(26)24(17)9-12)13-4-3-11(20)7-15(13)21/h2-7,12,17,23H,8-9H2,1H3,(H,22,25). The van der Waals surface area contributed by atoms with E-state index in [9.17, 15) is 26.8 Å². The van der Waals surface area contributed by atoms with Gasteiger partial charge < -0.3 is 10.2 Å². The summed E-state index contributed by atoms with van der Waals surface area (Å²) in [6, 6.07) is 6.22. The molecule has 2 aromatic rings. The summed E-state index contributed by atoms with van der Waals surface area (Å²) in [6.45, 7) is 0.0402. The Morgan fingerprint density at radius 3 is 2.55 bits per heavy atom. The Bertz CT molecular complexity index is 1140. The van der Waals surface area contributed by atoms with Gasteiger partial charge in [-0.2, -0.15) is 0 Å². The zero-order valence-corrected chi connectivity index (χ0v) is 16.1. The summed E-state index contributed by atoms with van der Waals surface area (Å²) in [5, 5.41) is 2.68. The third-order valence-corrected chi connectivity index (χ3v) is 5.76. The molecule has 2 aliphatic heterocycles. The van der Waals surface area contributed by atoms with Crippen LogP contribution in [0.5, 0.6) is 0 Å². The van der Waals surface area contributed by atoms with Crippen molar-refractivity contribution >= 4 is 27.5 Å². The normalized spacial score (nSPS) is 21.4. The Morgan fingerprint density at radius 1 is 1.10 bits per heavy atom. The first-order chi connectivity index (χ1) is 13.6. The van der Waals surface area contributed by atoms with Crippen LogP contribution in [-0.4, -0.2) is 50.0 Å². The van der Waals surface area contributed by atoms with Crippen LogP contribution in [0.25, 0.3) is 11.1 Å². The first kappa shape index (κ1) is 19.5. The molecule has 10 heteroatoms. The number of halogens is 2. The molecule has 1 fully saturated rings. The molecule has 7 nitrogen and oxygen atoms in total. The van der Waals surface area contributed by atoms with Gasteiger partial charge in [0.25, 0.3) is 5.91 Å². The Labute approximate surface area is 165 Å². The predicted molar refractivity (Wildman–Crippen MR) is 102 cm³/mol. The molecule has 0 spiro atoms. The number of rotatable bonds is 3. The summed E-state index contributed by atoms with van der Waals surface area (Å²) < 4.78 is 52.8. The van der Waals surface area contributed by atoms with Gasteiger partial charge in [0.1, 0.15) is 17.7 Å². The second kappa shape index (κ2) is 6.89. The van der Waals surface area contributed by atoms with Crippen LogP contribution in [-0.2, 0) is 14.8 Å². The highest BCUT2D eigenvalue weighted by Crippen LogP contribution is 2.33. The topological polar surface area (TPSA) is 95.6 Å². The second-order valence-corrected chi connectivity index (χ2v) is 8.95. The molecule has 0 radical (unpaired) electrons. The Hall–Kier alpha value is -2.85. The summed E-state index contributed by atoms with van der Waals surface area (Å²) in [5.74, 6) is -2.37. The number of fused-ring (bicyclic) bond motifs is 2. The number of benzene rings is 2. The quantitative estimate of drug-likeness (QED) is 0.789. The molecule has 2 N–H and O–H groups in total. The van der Waals surface area contributed by atoms with Crippen molar-refractivity contribution in [3.05, 3.63) is 53.6 Å². The molecule has 152 valence electrons. The molecule has 2 aromatic carbocycles. The average molecular weight is 421 g/mol. The van der Waals surface area contributed by atoms with E-state index < -0.39 is 45.6 Å². The molecule has 0 bridgehead atoms. The van der Waals surface area contributed by atoms with Crippen molar-refractivity contribution in [3.8, 4) is 11.1 Å². The van der Waals surface area contributed by atoms with E-state index in [0.717, 1.165) is 18.4 Å². The van der Waals surface area contributed by atoms with Crippen LogP contribution in [0.2, 0.25) is 0 Å². The highest BCUT2D eigenvalue weighted by molar-refractivity contribution is 7.88. The third-order valence-electron chi connectivity index (χ3n) is 5.00. The highest BCUT2D eigenvalue weighted by atomic mass is 32.2. The van der Waals surface area contributed by atoms with Gasteiger partial charge in [-0.05, 0) is 36.2 Å². The number of sulfonamides is 1. The van der Waals surface area contributed by atoms with E-state index in [4.69, 9.17) is 0 Å². The zero-order valence-electron chi connectivity index (χ0n) is 15.3. The molecule has 4 rings (SSSR count). The maximum absolute atomic E-state index is 14.2. The molecule has 2 heterocycles. The second-order valence-electron chi connectivity index (χ2n) is 7.17. The van der Waals surface area contributed by atoms with Gasteiger partial charge in [-0.15, -0.1) is 0 Å². The Kier molecular flexibility index (Phi) is 4.62. The van der Waals surface area contributed by atoms with Crippen LogP contribution in [0.3, 0.4) is 0 Å². The molecule has 1 saturated heterocycles. The minimum atomic E-state index is -3.50. The molecule has 2 amide bonds. The average Bonchev–Trinajstić information content (AvgIpc) is 3.00. The van der Waals surface area contributed by atoms with Crippen molar-refractivity contribution in [1.82, 2.24) is 9.62 Å². The summed E-state index contributed by atoms with van der Waals surface area (Å²) in [4.78, 5) is 27.0. The summed E-state index contributed by atoms with van der Waals surface area (Å²) >= 11 is 0. The monoisotopic (exact) mass is 421 g/mol. The lowest BCUT2D eigenvalue weighted by atomic mass is 10.0. The molecule has 0 aromatic heterocycles. The van der Waals surface area contributed by atoms with E-state index in [1.165, 1.54) is 29.2 Å². The molecule has 2 aliphatic rings. The number of nitrogens with zero attached hydrogens (tertiary/aromatic N) is 1. The number of carbonyl (C=O) groups excluding carboxylic acids is 2. The Morgan fingerprint density at radius 2 is 1.86 bits per heavy atom. The van der Waals surface area contributed by atoms with Gasteiger partial charge >= 0.3 is 0 Å². The van der Waals surface area contributed by atoms with Crippen molar-refractivity contribution in [3.63, 3.8) is 0 Å². The maximum Gasteiger partial charge on any atom is 0.256 e. The van der Waals surface area contributed by atoms with Gasteiger partial charge in [0.15, 0.2) is 0 Å². The minimum absolute atomic E-state index is 0.0402. The van der Waals surface area contributed by atoms with Crippen LogP contribution >= 0.6 is 0 Å². The minimum Gasteiger partial charge on any atom is -0.325 e. The molecular weight excluding hydrogens is 404 g/mol. The fourth-order valence-electron chi connectivity index (χ4n) is 3.79. The van der Waals surface area contributed by atoms with E-state index in [2.05, 4.69) is 10.0 Å². The van der Waals surface area contributed by atoms with E-state index in [0.29, 0.717) is 5.56 Å². The van der Waals surface area contributed by atoms with Crippen molar-refractivity contribution in [2.75, 3.05) is 18.1 Å². The number of hydrogen-bond acceptors (Lipinski definition) is 4. The fourth-order valence-corrected chi connectivity index (χ4v) is 4.57. The predicted octanol–water partition coefficient (Wildman–Crippen LogP) is 1.72. The van der Waals surface area contributed by atoms with E-state index in [1.54, 1.807) is 0 Å². The van der Waals surface area contributed by atoms with Gasteiger partial charge in [0.2, 0.25) is 15.9 Å². The first-order valence-electron chi connectivity index (χ1n) is 8.81. The largest absolute Gasteiger partial charge is 0.325 e. The number of anilines is 1. The van der Waals surface area contributed by atoms with Gasteiger partial charge in [-0.25, -0.2) is 21.9 Å². The van der Waals surface area contributed by atoms with Crippen molar-refractivity contribution in [2.24, 2.45) is 0 Å². The molecule has 2 unspecified atom stereocenters. The van der Waals surface area contributed by atoms with E-state index in [1.807, 2.05) is 0 Å². The lowest BCUT2D eigenvalue weighted by Crippen LogP contribution is -2.41. The smallest absolute Gasteiger partial charge is 0.256 e. The lowest BCUT2D eigenvalue weighted by molar-refractivity contribution is -0.119. The fraction of sp³-hybridized carbons (Fsp3) is 0.263. The molecular formula is C19H17F2N3O4S. The van der Waals surface area contributed by atoms with Gasteiger partial charge in [0.05, 0.1) is 17.5 Å². The first-order valence-corrected chi connectivity index (χ1v) is 10.7. The van der Waals surface area contributed by atoms with Crippen molar-refractivity contribution < 1.29 is 26.8 Å². The maximum atomic E-state index is 14.2. The summed E-state index contributed by atoms with van der Waals surface area (Å²) in [5.41, 5.74) is 0.912. The van der Waals surface area contributed by atoms with Crippen LogP contribution in [0.15, 0.2) is 36.4 Å². The summed E-state index contributed by atoms with van der Waals surface area (Å²) in [6.07, 6.45) is 1.16. The van der Waals surface area contributed by atoms with Crippen LogP contribution in [0.1, 0.15) is 16.8 Å². The van der Waals surface area contributed by atoms with Crippen LogP contribution in [0, 0.1) is 11.6 Å². The highest BCUT2D eigenvalue weighted by Gasteiger charge is 2.43. The lowest BCUT2D eigenvalue weighted by Gasteiger charge is -2.20. The van der Waals surface area contributed by atoms with Gasteiger partial charge in [0, 0.05) is 24.2 Å². The summed E-state index contributed by atoms with van der Waals surface area (Å²) in [7, 11) is -3.50. The van der Waals surface area contributed by atoms with Crippen LogP contribution < -0.4 is 10.0 Å². The van der Waals surface area contributed by atoms with Gasteiger partial charge in [-0.3, -0.25) is 9.59 Å². The van der Waals surface area contributed by atoms with E-state index >= 15 is 0 Å². The number of hydrogen-bond donors (Lipinski definition) is 2. The third kappa shape index (κ3) is 3.73. The molecule has 29 heavy (non-hydrogen) atoms. The van der Waals surface area contributed by atoms with Crippen molar-refractivity contribution in [2.45, 2.75) is 18.5 Å².